The fraction of sp³-hybridized carbons (Fsp3) is 0.450. The molecular weight excluding hydrogens is 286 g/mol. The van der Waals surface area contributed by atoms with Crippen molar-refractivity contribution in [3.05, 3.63) is 43.0 Å². The first kappa shape index (κ1) is 19.0. The average Bonchev–Trinajstić information content (AvgIpc) is 2.57. The van der Waals surface area contributed by atoms with Crippen molar-refractivity contribution in [2.45, 2.75) is 51.4 Å². The highest BCUT2D eigenvalue weighted by atomic mass is 16.5. The SMILES string of the molecule is C=CCCCCCCCCC(=O)Nc1ccc(OC)cc1C=C. The maximum atomic E-state index is 12.0. The second-order valence-corrected chi connectivity index (χ2v) is 5.65. The molecule has 0 saturated carbocycles. The molecule has 23 heavy (non-hydrogen) atoms. The lowest BCUT2D eigenvalue weighted by molar-refractivity contribution is -0.116. The van der Waals surface area contributed by atoms with E-state index in [1.807, 2.05) is 24.3 Å². The summed E-state index contributed by atoms with van der Waals surface area (Å²) in [4.78, 5) is 12.0. The van der Waals surface area contributed by atoms with Gasteiger partial charge in [0.1, 0.15) is 5.75 Å². The van der Waals surface area contributed by atoms with Crippen LogP contribution >= 0.6 is 0 Å². The van der Waals surface area contributed by atoms with Gasteiger partial charge in [-0.05, 0) is 37.5 Å². The van der Waals surface area contributed by atoms with Gasteiger partial charge in [-0.1, -0.05) is 44.4 Å². The lowest BCUT2D eigenvalue weighted by Crippen LogP contribution is -2.12. The Kier molecular flexibility index (Phi) is 9.53. The van der Waals surface area contributed by atoms with Gasteiger partial charge in [0.05, 0.1) is 7.11 Å². The van der Waals surface area contributed by atoms with E-state index in [1.165, 1.54) is 25.7 Å². The van der Waals surface area contributed by atoms with E-state index in [9.17, 15) is 4.79 Å². The topological polar surface area (TPSA) is 38.3 Å². The van der Waals surface area contributed by atoms with Crippen LogP contribution in [0.1, 0.15) is 56.9 Å². The molecule has 1 aromatic rings. The van der Waals surface area contributed by atoms with Crippen LogP contribution in [0.4, 0.5) is 5.69 Å². The van der Waals surface area contributed by atoms with Gasteiger partial charge in [0.2, 0.25) is 5.91 Å². The van der Waals surface area contributed by atoms with Crippen molar-refractivity contribution in [3.63, 3.8) is 0 Å². The van der Waals surface area contributed by atoms with Gasteiger partial charge in [0.25, 0.3) is 0 Å². The number of carbonyl (C=O) groups is 1. The second-order valence-electron chi connectivity index (χ2n) is 5.65. The summed E-state index contributed by atoms with van der Waals surface area (Å²) in [5.41, 5.74) is 1.66. The van der Waals surface area contributed by atoms with Gasteiger partial charge >= 0.3 is 0 Å². The van der Waals surface area contributed by atoms with Crippen molar-refractivity contribution in [1.82, 2.24) is 0 Å². The number of carbonyl (C=O) groups excluding carboxylic acids is 1. The molecule has 0 aliphatic carbocycles. The number of hydrogen-bond donors (Lipinski definition) is 1. The van der Waals surface area contributed by atoms with E-state index in [2.05, 4.69) is 18.5 Å². The summed E-state index contributed by atoms with van der Waals surface area (Å²) in [7, 11) is 1.62. The summed E-state index contributed by atoms with van der Waals surface area (Å²) in [6.07, 6.45) is 12.3. The summed E-state index contributed by atoms with van der Waals surface area (Å²) in [5, 5.41) is 2.95. The van der Waals surface area contributed by atoms with Crippen LogP contribution in [0, 0.1) is 0 Å². The first-order chi connectivity index (χ1) is 11.2. The predicted octanol–water partition coefficient (Wildman–Crippen LogP) is 5.58. The predicted molar refractivity (Wildman–Crippen MR) is 98.8 cm³/mol. The number of allylic oxidation sites excluding steroid dienone is 1. The lowest BCUT2D eigenvalue weighted by atomic mass is 10.1. The number of anilines is 1. The molecule has 3 nitrogen and oxygen atoms in total. The number of ether oxygens (including phenoxy) is 1. The summed E-state index contributed by atoms with van der Waals surface area (Å²) >= 11 is 0. The molecule has 0 spiro atoms. The number of rotatable bonds is 12. The van der Waals surface area contributed by atoms with Crippen LogP contribution < -0.4 is 10.1 Å². The molecule has 1 aromatic carbocycles. The monoisotopic (exact) mass is 315 g/mol. The van der Waals surface area contributed by atoms with Crippen molar-refractivity contribution < 1.29 is 9.53 Å². The van der Waals surface area contributed by atoms with Gasteiger partial charge in [-0.25, -0.2) is 0 Å². The molecule has 0 unspecified atom stereocenters. The Morgan fingerprint density at radius 1 is 1.13 bits per heavy atom. The van der Waals surface area contributed by atoms with Crippen molar-refractivity contribution >= 4 is 17.7 Å². The Hall–Kier alpha value is -2.03. The molecule has 0 aliphatic heterocycles. The fourth-order valence-corrected chi connectivity index (χ4v) is 2.44. The van der Waals surface area contributed by atoms with Crippen molar-refractivity contribution in [3.8, 4) is 5.75 Å². The smallest absolute Gasteiger partial charge is 0.224 e. The minimum Gasteiger partial charge on any atom is -0.497 e. The molecule has 0 aromatic heterocycles. The molecule has 0 fully saturated rings. The minimum atomic E-state index is 0.0601. The van der Waals surface area contributed by atoms with E-state index in [1.54, 1.807) is 13.2 Å². The standard InChI is InChI=1S/C20H29NO2/c1-4-6-7-8-9-10-11-12-13-20(22)21-19-15-14-18(23-3)16-17(19)5-2/h4-5,14-16H,1-2,6-13H2,3H3,(H,21,22). The second kappa shape index (κ2) is 11.5. The highest BCUT2D eigenvalue weighted by Gasteiger charge is 2.06. The molecule has 3 heteroatoms. The van der Waals surface area contributed by atoms with Crippen LogP contribution in [-0.4, -0.2) is 13.0 Å². The molecule has 126 valence electrons. The molecule has 1 rings (SSSR count). The molecule has 1 N–H and O–H groups in total. The highest BCUT2D eigenvalue weighted by molar-refractivity contribution is 5.93. The summed E-state index contributed by atoms with van der Waals surface area (Å²) in [5.74, 6) is 0.819. The van der Waals surface area contributed by atoms with Gasteiger partial charge in [-0.3, -0.25) is 4.79 Å². The quantitative estimate of drug-likeness (QED) is 0.404. The van der Waals surface area contributed by atoms with Crippen LogP contribution in [0.5, 0.6) is 5.75 Å². The minimum absolute atomic E-state index is 0.0601. The van der Waals surface area contributed by atoms with Crippen molar-refractivity contribution in [2.75, 3.05) is 12.4 Å². The third-order valence-corrected chi connectivity index (χ3v) is 3.81. The van der Waals surface area contributed by atoms with Gasteiger partial charge in [-0.15, -0.1) is 6.58 Å². The van der Waals surface area contributed by atoms with E-state index >= 15 is 0 Å². The van der Waals surface area contributed by atoms with E-state index in [-0.39, 0.29) is 5.91 Å². The molecule has 0 atom stereocenters. The number of hydrogen-bond acceptors (Lipinski definition) is 2. The first-order valence-electron chi connectivity index (χ1n) is 8.42. The zero-order chi connectivity index (χ0) is 16.9. The van der Waals surface area contributed by atoms with Gasteiger partial charge < -0.3 is 10.1 Å². The van der Waals surface area contributed by atoms with E-state index in [4.69, 9.17) is 4.74 Å². The van der Waals surface area contributed by atoms with Crippen LogP contribution in [0.2, 0.25) is 0 Å². The lowest BCUT2D eigenvalue weighted by Gasteiger charge is -2.10. The zero-order valence-corrected chi connectivity index (χ0v) is 14.3. The largest absolute Gasteiger partial charge is 0.497 e. The molecule has 0 saturated heterocycles. The molecule has 0 aliphatic rings. The normalized spacial score (nSPS) is 10.1. The molecule has 0 heterocycles. The highest BCUT2D eigenvalue weighted by Crippen LogP contribution is 2.23. The zero-order valence-electron chi connectivity index (χ0n) is 14.3. The number of methoxy groups -OCH3 is 1. The van der Waals surface area contributed by atoms with E-state index in [0.717, 1.165) is 36.3 Å². The van der Waals surface area contributed by atoms with E-state index < -0.39 is 0 Å². The van der Waals surface area contributed by atoms with E-state index in [0.29, 0.717) is 6.42 Å². The molecule has 0 radical (unpaired) electrons. The number of amides is 1. The Labute approximate surface area is 140 Å². The summed E-state index contributed by atoms with van der Waals surface area (Å²) in [6.45, 7) is 7.50. The van der Waals surface area contributed by atoms with Crippen LogP contribution in [0.25, 0.3) is 6.08 Å². The Bertz CT molecular complexity index is 508. The number of benzene rings is 1. The van der Waals surface area contributed by atoms with Crippen LogP contribution in [0.3, 0.4) is 0 Å². The fourth-order valence-electron chi connectivity index (χ4n) is 2.44. The van der Waals surface area contributed by atoms with Crippen LogP contribution in [0.15, 0.2) is 37.4 Å². The number of unbranched alkanes of at least 4 members (excludes halogenated alkanes) is 6. The Morgan fingerprint density at radius 3 is 2.48 bits per heavy atom. The third kappa shape index (κ3) is 7.68. The maximum Gasteiger partial charge on any atom is 0.224 e. The summed E-state index contributed by atoms with van der Waals surface area (Å²) in [6, 6.07) is 5.56. The molecular formula is C20H29NO2. The average molecular weight is 315 g/mol. The molecule has 0 bridgehead atoms. The van der Waals surface area contributed by atoms with Gasteiger partial charge in [0.15, 0.2) is 0 Å². The third-order valence-electron chi connectivity index (χ3n) is 3.81. The number of nitrogens with one attached hydrogen (secondary N) is 1. The van der Waals surface area contributed by atoms with Crippen LogP contribution in [-0.2, 0) is 4.79 Å². The van der Waals surface area contributed by atoms with Crippen molar-refractivity contribution in [1.29, 1.82) is 0 Å². The van der Waals surface area contributed by atoms with Gasteiger partial charge in [0, 0.05) is 17.7 Å². The maximum absolute atomic E-state index is 12.0. The molecule has 1 amide bonds. The van der Waals surface area contributed by atoms with Crippen molar-refractivity contribution in [2.24, 2.45) is 0 Å². The Balaban J connectivity index is 2.26. The first-order valence-corrected chi connectivity index (χ1v) is 8.42. The van der Waals surface area contributed by atoms with Gasteiger partial charge in [-0.2, -0.15) is 0 Å². The Morgan fingerprint density at radius 2 is 1.83 bits per heavy atom. The summed E-state index contributed by atoms with van der Waals surface area (Å²) < 4.78 is 5.18.